The van der Waals surface area contributed by atoms with Gasteiger partial charge in [-0.25, -0.2) is 0 Å². The van der Waals surface area contributed by atoms with Crippen molar-refractivity contribution in [2.24, 2.45) is 0 Å². The van der Waals surface area contributed by atoms with Crippen molar-refractivity contribution in [3.63, 3.8) is 0 Å². The van der Waals surface area contributed by atoms with Crippen molar-refractivity contribution in [1.29, 1.82) is 0 Å². The average molecular weight is 253 g/mol. The first-order valence-electron chi connectivity index (χ1n) is 5.37. The van der Waals surface area contributed by atoms with Gasteiger partial charge >= 0.3 is 0 Å². The molecule has 0 saturated heterocycles. The predicted octanol–water partition coefficient (Wildman–Crippen LogP) is 2.97. The summed E-state index contributed by atoms with van der Waals surface area (Å²) in [7, 11) is 0. The predicted molar refractivity (Wildman–Crippen MR) is 75.6 cm³/mol. The molecule has 2 aromatic rings. The van der Waals surface area contributed by atoms with Gasteiger partial charge in [0.15, 0.2) is 0 Å². The lowest BCUT2D eigenvalue weighted by Gasteiger charge is -2.11. The van der Waals surface area contributed by atoms with E-state index in [4.69, 9.17) is 17.6 Å². The zero-order valence-corrected chi connectivity index (χ0v) is 10.5. The van der Waals surface area contributed by atoms with Crippen LogP contribution in [0.1, 0.15) is 0 Å². The Labute approximate surface area is 111 Å². The highest BCUT2D eigenvalue weighted by atomic mass is 32.2. The number of hydrogen-bond donors (Lipinski definition) is 0. The van der Waals surface area contributed by atoms with Crippen LogP contribution >= 0.6 is 11.8 Å². The first-order chi connectivity index (χ1) is 8.86. The summed E-state index contributed by atoms with van der Waals surface area (Å²) in [4.78, 5) is 5.30. The van der Waals surface area contributed by atoms with Gasteiger partial charge in [-0.3, -0.25) is 4.98 Å². The lowest BCUT2D eigenvalue weighted by atomic mass is 10.2. The molecule has 0 bridgehead atoms. The molecule has 2 rings (SSSR count). The van der Waals surface area contributed by atoms with Gasteiger partial charge in [0.25, 0.3) is 0 Å². The molecule has 1 aromatic heterocycles. The molecule has 0 unspecified atom stereocenters. The van der Waals surface area contributed by atoms with Gasteiger partial charge in [-0.2, -0.15) is 0 Å². The summed E-state index contributed by atoms with van der Waals surface area (Å²) in [6.07, 6.45) is 12.3. The quantitative estimate of drug-likeness (QED) is 0.618. The van der Waals surface area contributed by atoms with Gasteiger partial charge in [-0.15, -0.1) is 24.6 Å². The van der Waals surface area contributed by atoms with Crippen LogP contribution in [-0.4, -0.2) is 17.3 Å². The number of terminal acetylenes is 2. The molecule has 0 spiro atoms. The molecule has 0 amide bonds. The van der Waals surface area contributed by atoms with E-state index < -0.39 is 0 Å². The Hall–Kier alpha value is -2.10. The number of aromatic nitrogens is 1. The van der Waals surface area contributed by atoms with Gasteiger partial charge in [0.1, 0.15) is 12.4 Å². The molecular formula is C15H11NOS. The molecule has 0 fully saturated rings. The van der Waals surface area contributed by atoms with Crippen LogP contribution in [0.5, 0.6) is 5.75 Å². The van der Waals surface area contributed by atoms with Gasteiger partial charge in [0, 0.05) is 11.6 Å². The van der Waals surface area contributed by atoms with Gasteiger partial charge in [0.05, 0.1) is 16.2 Å². The zero-order valence-electron chi connectivity index (χ0n) is 9.72. The zero-order chi connectivity index (χ0) is 12.8. The molecule has 88 valence electrons. The number of pyridine rings is 1. The number of para-hydroxylation sites is 1. The molecule has 0 saturated carbocycles. The maximum Gasteiger partial charge on any atom is 0.148 e. The number of nitrogens with zero attached hydrogens (tertiary/aromatic N) is 1. The summed E-state index contributed by atoms with van der Waals surface area (Å²) in [5.74, 6) is 6.40. The Morgan fingerprint density at radius 2 is 2.06 bits per heavy atom. The smallest absolute Gasteiger partial charge is 0.148 e. The second kappa shape index (κ2) is 6.00. The molecular weight excluding hydrogens is 242 g/mol. The third-order valence-electron chi connectivity index (χ3n) is 2.30. The minimum absolute atomic E-state index is 0.234. The van der Waals surface area contributed by atoms with Gasteiger partial charge in [-0.05, 0) is 12.1 Å². The van der Waals surface area contributed by atoms with Crippen LogP contribution in [0.2, 0.25) is 0 Å². The monoisotopic (exact) mass is 253 g/mol. The maximum atomic E-state index is 5.63. The lowest BCUT2D eigenvalue weighted by Crippen LogP contribution is -1.97. The molecule has 1 heterocycles. The van der Waals surface area contributed by atoms with E-state index in [1.807, 2.05) is 24.3 Å². The van der Waals surface area contributed by atoms with Crippen molar-refractivity contribution >= 4 is 22.7 Å². The molecule has 3 heteroatoms. The van der Waals surface area contributed by atoms with E-state index in [0.717, 1.165) is 21.5 Å². The molecule has 0 aliphatic rings. The summed E-state index contributed by atoms with van der Waals surface area (Å²) in [6.45, 7) is 0.234. The van der Waals surface area contributed by atoms with Gasteiger partial charge < -0.3 is 4.74 Å². The number of thioether (sulfide) groups is 1. The van der Waals surface area contributed by atoms with E-state index in [9.17, 15) is 0 Å². The summed E-state index contributed by atoms with van der Waals surface area (Å²) >= 11 is 1.52. The van der Waals surface area contributed by atoms with E-state index in [2.05, 4.69) is 16.8 Å². The molecule has 0 atom stereocenters. The Balaban J connectivity index is 2.49. The summed E-state index contributed by atoms with van der Waals surface area (Å²) in [5.41, 5.74) is 0.884. The molecule has 0 aliphatic heterocycles. The van der Waals surface area contributed by atoms with Crippen molar-refractivity contribution in [3.8, 4) is 30.4 Å². The molecule has 18 heavy (non-hydrogen) atoms. The van der Waals surface area contributed by atoms with Crippen molar-refractivity contribution in [2.75, 3.05) is 12.4 Å². The van der Waals surface area contributed by atoms with Crippen molar-refractivity contribution in [3.05, 3.63) is 30.5 Å². The van der Waals surface area contributed by atoms with Crippen LogP contribution in [0.3, 0.4) is 0 Å². The number of hydrogen-bond acceptors (Lipinski definition) is 3. The minimum atomic E-state index is 0.234. The normalized spacial score (nSPS) is 9.67. The largest absolute Gasteiger partial charge is 0.479 e. The number of ether oxygens (including phenoxy) is 1. The third-order valence-corrected chi connectivity index (χ3v) is 3.22. The van der Waals surface area contributed by atoms with E-state index in [-0.39, 0.29) is 6.61 Å². The van der Waals surface area contributed by atoms with Crippen LogP contribution in [0.15, 0.2) is 35.4 Å². The fourth-order valence-electron chi connectivity index (χ4n) is 1.58. The number of rotatable bonds is 4. The van der Waals surface area contributed by atoms with E-state index in [1.165, 1.54) is 11.8 Å². The Kier molecular flexibility index (Phi) is 4.12. The highest BCUT2D eigenvalue weighted by Gasteiger charge is 2.09. The Bertz CT molecular complexity index is 637. The second-order valence-corrected chi connectivity index (χ2v) is 4.47. The van der Waals surface area contributed by atoms with E-state index in [0.29, 0.717) is 5.75 Å². The molecule has 0 N–H and O–H groups in total. The SMILES string of the molecule is C#CCOc1c(SCC#C)cnc2ccccc12. The van der Waals surface area contributed by atoms with Crippen LogP contribution in [0.25, 0.3) is 10.9 Å². The molecule has 2 nitrogen and oxygen atoms in total. The van der Waals surface area contributed by atoms with E-state index in [1.54, 1.807) is 6.20 Å². The van der Waals surface area contributed by atoms with Crippen molar-refractivity contribution < 1.29 is 4.74 Å². The first-order valence-corrected chi connectivity index (χ1v) is 6.35. The Morgan fingerprint density at radius 3 is 2.83 bits per heavy atom. The lowest BCUT2D eigenvalue weighted by molar-refractivity contribution is 0.366. The standard InChI is InChI=1S/C15H11NOS/c1-3-9-17-15-12-7-5-6-8-13(12)16-11-14(15)18-10-4-2/h1-2,5-8,11H,9-10H2. The molecule has 1 aromatic carbocycles. The van der Waals surface area contributed by atoms with Crippen LogP contribution in [0.4, 0.5) is 0 Å². The summed E-state index contributed by atoms with van der Waals surface area (Å²) in [6, 6.07) is 7.79. The fourth-order valence-corrected chi connectivity index (χ4v) is 2.25. The maximum absolute atomic E-state index is 5.63. The second-order valence-electron chi connectivity index (χ2n) is 3.45. The highest BCUT2D eigenvalue weighted by Crippen LogP contribution is 2.34. The highest BCUT2D eigenvalue weighted by molar-refractivity contribution is 7.99. The van der Waals surface area contributed by atoms with Crippen LogP contribution in [-0.2, 0) is 0 Å². The van der Waals surface area contributed by atoms with E-state index >= 15 is 0 Å². The van der Waals surface area contributed by atoms with Crippen molar-refractivity contribution in [2.45, 2.75) is 4.90 Å². The fraction of sp³-hybridized carbons (Fsp3) is 0.133. The van der Waals surface area contributed by atoms with Gasteiger partial charge in [-0.1, -0.05) is 24.0 Å². The minimum Gasteiger partial charge on any atom is -0.479 e. The topological polar surface area (TPSA) is 22.1 Å². The van der Waals surface area contributed by atoms with Crippen LogP contribution < -0.4 is 4.74 Å². The Morgan fingerprint density at radius 1 is 1.22 bits per heavy atom. The number of fused-ring (bicyclic) bond motifs is 1. The first kappa shape index (κ1) is 12.4. The van der Waals surface area contributed by atoms with Crippen molar-refractivity contribution in [1.82, 2.24) is 4.98 Å². The van der Waals surface area contributed by atoms with Gasteiger partial charge in [0.2, 0.25) is 0 Å². The average Bonchev–Trinajstić information content (AvgIpc) is 2.43. The molecule has 0 aliphatic carbocycles. The third kappa shape index (κ3) is 2.59. The molecule has 0 radical (unpaired) electrons. The number of benzene rings is 1. The van der Waals surface area contributed by atoms with Crippen LogP contribution in [0, 0.1) is 24.7 Å². The summed E-state index contributed by atoms with van der Waals surface area (Å²) in [5, 5.41) is 0.953. The summed E-state index contributed by atoms with van der Waals surface area (Å²) < 4.78 is 5.63.